The third-order valence-corrected chi connectivity index (χ3v) is 4.42. The number of likely N-dealkylation sites (tertiary alicyclic amines) is 1. The summed E-state index contributed by atoms with van der Waals surface area (Å²) in [6.07, 6.45) is 4.89. The van der Waals surface area contributed by atoms with Crippen molar-refractivity contribution in [2.45, 2.75) is 46.0 Å². The van der Waals surface area contributed by atoms with Crippen LogP contribution in [-0.2, 0) is 4.79 Å². The number of halogens is 1. The van der Waals surface area contributed by atoms with Gasteiger partial charge in [-0.2, -0.15) is 0 Å². The van der Waals surface area contributed by atoms with E-state index in [4.69, 9.17) is 11.6 Å². The average molecular weight is 289 g/mol. The zero-order valence-electron chi connectivity index (χ0n) is 12.5. The van der Waals surface area contributed by atoms with Crippen LogP contribution < -0.4 is 0 Å². The van der Waals surface area contributed by atoms with Gasteiger partial charge in [-0.3, -0.25) is 4.79 Å². The molecule has 0 atom stereocenters. The van der Waals surface area contributed by atoms with E-state index in [0.29, 0.717) is 18.2 Å². The smallest absolute Gasteiger partial charge is 0.222 e. The molecular formula is C15H29ClN2O. The van der Waals surface area contributed by atoms with Gasteiger partial charge in [-0.1, -0.05) is 13.8 Å². The minimum atomic E-state index is 0.325. The van der Waals surface area contributed by atoms with Gasteiger partial charge >= 0.3 is 0 Å². The maximum Gasteiger partial charge on any atom is 0.222 e. The number of rotatable bonds is 8. The normalized spacial score (nSPS) is 17.2. The Morgan fingerprint density at radius 2 is 1.84 bits per heavy atom. The minimum absolute atomic E-state index is 0.325. The van der Waals surface area contributed by atoms with Crippen molar-refractivity contribution < 1.29 is 4.79 Å². The topological polar surface area (TPSA) is 23.6 Å². The first-order chi connectivity index (χ1) is 9.21. The van der Waals surface area contributed by atoms with Crippen molar-refractivity contribution in [3.05, 3.63) is 0 Å². The highest BCUT2D eigenvalue weighted by atomic mass is 35.5. The average Bonchev–Trinajstić information content (AvgIpc) is 2.45. The zero-order chi connectivity index (χ0) is 14.1. The van der Waals surface area contributed by atoms with E-state index in [1.807, 2.05) is 4.90 Å². The SMILES string of the molecule is CCN(CC)CC1CCN(C(=O)CCCCCl)CC1. The van der Waals surface area contributed by atoms with Crippen LogP contribution in [0.25, 0.3) is 0 Å². The first-order valence-electron chi connectivity index (χ1n) is 7.77. The van der Waals surface area contributed by atoms with Gasteiger partial charge in [-0.15, -0.1) is 11.6 Å². The van der Waals surface area contributed by atoms with Crippen molar-refractivity contribution >= 4 is 17.5 Å². The molecule has 0 radical (unpaired) electrons. The molecule has 1 amide bonds. The van der Waals surface area contributed by atoms with Gasteiger partial charge in [-0.25, -0.2) is 0 Å². The van der Waals surface area contributed by atoms with Crippen LogP contribution in [0.2, 0.25) is 0 Å². The molecule has 1 heterocycles. The molecule has 1 rings (SSSR count). The molecule has 3 nitrogen and oxygen atoms in total. The van der Waals surface area contributed by atoms with Crippen LogP contribution >= 0.6 is 11.6 Å². The minimum Gasteiger partial charge on any atom is -0.343 e. The van der Waals surface area contributed by atoms with Crippen molar-refractivity contribution in [1.82, 2.24) is 9.80 Å². The monoisotopic (exact) mass is 288 g/mol. The molecule has 0 aromatic carbocycles. The maximum absolute atomic E-state index is 12.0. The second kappa shape index (κ2) is 9.60. The van der Waals surface area contributed by atoms with Crippen molar-refractivity contribution in [2.75, 3.05) is 38.6 Å². The Morgan fingerprint density at radius 1 is 1.21 bits per heavy atom. The number of alkyl halides is 1. The van der Waals surface area contributed by atoms with E-state index in [1.54, 1.807) is 0 Å². The molecule has 0 N–H and O–H groups in total. The highest BCUT2D eigenvalue weighted by Gasteiger charge is 2.23. The number of nitrogens with zero attached hydrogens (tertiary/aromatic N) is 2. The van der Waals surface area contributed by atoms with E-state index < -0.39 is 0 Å². The summed E-state index contributed by atoms with van der Waals surface area (Å²) < 4.78 is 0. The van der Waals surface area contributed by atoms with Crippen LogP contribution in [0, 0.1) is 5.92 Å². The standard InChI is InChI=1S/C15H29ClN2O/c1-3-17(4-2)13-14-8-11-18(12-9-14)15(19)7-5-6-10-16/h14H,3-13H2,1-2H3. The van der Waals surface area contributed by atoms with Crippen molar-refractivity contribution in [2.24, 2.45) is 5.92 Å². The van der Waals surface area contributed by atoms with Gasteiger partial charge in [0.25, 0.3) is 0 Å². The summed E-state index contributed by atoms with van der Waals surface area (Å²) in [4.78, 5) is 16.5. The van der Waals surface area contributed by atoms with Gasteiger partial charge in [0.2, 0.25) is 5.91 Å². The first-order valence-corrected chi connectivity index (χ1v) is 8.30. The molecule has 19 heavy (non-hydrogen) atoms. The molecule has 1 aliphatic heterocycles. The quantitative estimate of drug-likeness (QED) is 0.506. The number of carbonyl (C=O) groups excluding carboxylic acids is 1. The highest BCUT2D eigenvalue weighted by molar-refractivity contribution is 6.17. The summed E-state index contributed by atoms with van der Waals surface area (Å²) in [5, 5.41) is 0. The molecule has 0 aromatic rings. The van der Waals surface area contributed by atoms with E-state index in [-0.39, 0.29) is 0 Å². The lowest BCUT2D eigenvalue weighted by atomic mass is 9.96. The van der Waals surface area contributed by atoms with Crippen molar-refractivity contribution in [3.8, 4) is 0 Å². The fourth-order valence-electron chi connectivity index (χ4n) is 2.74. The Balaban J connectivity index is 2.22. The molecule has 0 bridgehead atoms. The number of amides is 1. The van der Waals surface area contributed by atoms with E-state index in [1.165, 1.54) is 6.54 Å². The Bertz CT molecular complexity index is 249. The van der Waals surface area contributed by atoms with E-state index in [0.717, 1.165) is 57.8 Å². The molecule has 1 fully saturated rings. The molecule has 4 heteroatoms. The molecule has 1 saturated heterocycles. The number of carbonyl (C=O) groups is 1. The van der Waals surface area contributed by atoms with Crippen LogP contribution in [0.5, 0.6) is 0 Å². The van der Waals surface area contributed by atoms with Gasteiger partial charge < -0.3 is 9.80 Å². The highest BCUT2D eigenvalue weighted by Crippen LogP contribution is 2.19. The van der Waals surface area contributed by atoms with E-state index in [2.05, 4.69) is 18.7 Å². The Labute approximate surface area is 123 Å². The van der Waals surface area contributed by atoms with Crippen LogP contribution in [-0.4, -0.2) is 54.3 Å². The number of unbranched alkanes of at least 4 members (excludes halogenated alkanes) is 1. The Hall–Kier alpha value is -0.280. The second-order valence-electron chi connectivity index (χ2n) is 5.46. The third kappa shape index (κ3) is 6.13. The lowest BCUT2D eigenvalue weighted by Gasteiger charge is -2.34. The molecule has 1 aliphatic rings. The van der Waals surface area contributed by atoms with E-state index >= 15 is 0 Å². The predicted octanol–water partition coefficient (Wildman–Crippen LogP) is 2.98. The summed E-state index contributed by atoms with van der Waals surface area (Å²) in [7, 11) is 0. The Morgan fingerprint density at radius 3 is 2.37 bits per heavy atom. The third-order valence-electron chi connectivity index (χ3n) is 4.15. The summed E-state index contributed by atoms with van der Waals surface area (Å²) in [6, 6.07) is 0. The number of hydrogen-bond acceptors (Lipinski definition) is 2. The lowest BCUT2D eigenvalue weighted by molar-refractivity contribution is -0.132. The fourth-order valence-corrected chi connectivity index (χ4v) is 2.93. The fraction of sp³-hybridized carbons (Fsp3) is 0.933. The molecule has 0 aromatic heterocycles. The van der Waals surface area contributed by atoms with Crippen molar-refractivity contribution in [1.29, 1.82) is 0 Å². The summed E-state index contributed by atoms with van der Waals surface area (Å²) >= 11 is 5.64. The molecule has 0 unspecified atom stereocenters. The maximum atomic E-state index is 12.0. The second-order valence-corrected chi connectivity index (χ2v) is 5.83. The summed E-state index contributed by atoms with van der Waals surface area (Å²) in [5.74, 6) is 1.76. The van der Waals surface area contributed by atoms with E-state index in [9.17, 15) is 4.79 Å². The van der Waals surface area contributed by atoms with Gasteiger partial charge in [0.05, 0.1) is 0 Å². The molecule has 0 spiro atoms. The summed E-state index contributed by atoms with van der Waals surface area (Å²) in [5.41, 5.74) is 0. The molecular weight excluding hydrogens is 260 g/mol. The van der Waals surface area contributed by atoms with Crippen LogP contribution in [0.1, 0.15) is 46.0 Å². The number of piperidine rings is 1. The first kappa shape index (κ1) is 16.8. The van der Waals surface area contributed by atoms with Gasteiger partial charge in [0.1, 0.15) is 0 Å². The largest absolute Gasteiger partial charge is 0.343 e. The number of hydrogen-bond donors (Lipinski definition) is 0. The Kier molecular flexibility index (Phi) is 8.47. The van der Waals surface area contributed by atoms with Gasteiger partial charge in [0, 0.05) is 31.9 Å². The van der Waals surface area contributed by atoms with Crippen LogP contribution in [0.3, 0.4) is 0 Å². The van der Waals surface area contributed by atoms with Gasteiger partial charge in [0.15, 0.2) is 0 Å². The lowest BCUT2D eigenvalue weighted by Crippen LogP contribution is -2.41. The van der Waals surface area contributed by atoms with Crippen LogP contribution in [0.15, 0.2) is 0 Å². The van der Waals surface area contributed by atoms with Crippen LogP contribution in [0.4, 0.5) is 0 Å². The summed E-state index contributed by atoms with van der Waals surface area (Å²) in [6.45, 7) is 9.80. The van der Waals surface area contributed by atoms with Gasteiger partial charge in [-0.05, 0) is 44.7 Å². The van der Waals surface area contributed by atoms with Crippen molar-refractivity contribution in [3.63, 3.8) is 0 Å². The molecule has 112 valence electrons. The molecule has 0 aliphatic carbocycles. The molecule has 0 saturated carbocycles. The zero-order valence-corrected chi connectivity index (χ0v) is 13.3. The predicted molar refractivity (Wildman–Crippen MR) is 81.7 cm³/mol.